The molecule has 0 aliphatic rings. The maximum Gasteiger partial charge on any atom is 0.273 e. The molecule has 0 radical (unpaired) electrons. The van der Waals surface area contributed by atoms with Crippen LogP contribution in [0, 0.1) is 10.1 Å². The van der Waals surface area contributed by atoms with Crippen LogP contribution in [-0.2, 0) is 6.42 Å². The average molecular weight is 219 g/mol. The van der Waals surface area contributed by atoms with Gasteiger partial charge in [-0.25, -0.2) is 0 Å². The maximum atomic E-state index is 10.3. The van der Waals surface area contributed by atoms with Crippen molar-refractivity contribution in [2.45, 2.75) is 6.42 Å². The molecule has 3 N–H and O–H groups in total. The fraction of sp³-hybridized carbons (Fsp3) is 0.250. The highest BCUT2D eigenvalue weighted by molar-refractivity contribution is 5.85. The van der Waals surface area contributed by atoms with Gasteiger partial charge in [-0.15, -0.1) is 12.4 Å². The van der Waals surface area contributed by atoms with Crippen LogP contribution in [0.15, 0.2) is 18.2 Å². The molecule has 0 saturated heterocycles. The first kappa shape index (κ1) is 12.7. The minimum absolute atomic E-state index is 0. The van der Waals surface area contributed by atoms with Crippen molar-refractivity contribution in [2.24, 2.45) is 5.73 Å². The van der Waals surface area contributed by atoms with Gasteiger partial charge < -0.3 is 10.8 Å². The summed E-state index contributed by atoms with van der Waals surface area (Å²) in [5.41, 5.74) is 5.80. The molecule has 0 aliphatic carbocycles. The van der Waals surface area contributed by atoms with Gasteiger partial charge in [-0.2, -0.15) is 0 Å². The van der Waals surface area contributed by atoms with Crippen LogP contribution in [0.2, 0.25) is 0 Å². The second kappa shape index (κ2) is 5.41. The molecule has 1 aromatic rings. The summed E-state index contributed by atoms with van der Waals surface area (Å²) in [7, 11) is 0. The topological polar surface area (TPSA) is 89.4 Å². The molecule has 0 spiro atoms. The van der Waals surface area contributed by atoms with Crippen LogP contribution in [0.25, 0.3) is 0 Å². The van der Waals surface area contributed by atoms with Crippen molar-refractivity contribution in [3.05, 3.63) is 33.9 Å². The summed E-state index contributed by atoms with van der Waals surface area (Å²) in [5.74, 6) is -0.0698. The van der Waals surface area contributed by atoms with E-state index in [-0.39, 0.29) is 23.8 Å². The largest absolute Gasteiger partial charge is 0.507 e. The van der Waals surface area contributed by atoms with Gasteiger partial charge in [0.15, 0.2) is 0 Å². The number of nitro groups is 1. The molecule has 0 aromatic heterocycles. The minimum atomic E-state index is -0.550. The third-order valence-corrected chi connectivity index (χ3v) is 1.69. The number of nitrogens with two attached hydrogens (primary N) is 1. The predicted molar refractivity (Wildman–Crippen MR) is 54.8 cm³/mol. The molecule has 1 aromatic carbocycles. The molecule has 0 bridgehead atoms. The molecule has 14 heavy (non-hydrogen) atoms. The smallest absolute Gasteiger partial charge is 0.273 e. The van der Waals surface area contributed by atoms with Gasteiger partial charge in [-0.1, -0.05) is 0 Å². The van der Waals surface area contributed by atoms with E-state index in [1.54, 1.807) is 0 Å². The summed E-state index contributed by atoms with van der Waals surface area (Å²) in [6.45, 7) is 0.408. The Kier molecular flexibility index (Phi) is 4.90. The molecule has 0 amide bonds. The first-order valence-corrected chi connectivity index (χ1v) is 3.81. The highest BCUT2D eigenvalue weighted by Gasteiger charge is 2.08. The highest BCUT2D eigenvalue weighted by Crippen LogP contribution is 2.23. The van der Waals surface area contributed by atoms with Gasteiger partial charge in [0.25, 0.3) is 5.69 Å². The molecule has 0 unspecified atom stereocenters. The molecule has 78 valence electrons. The number of phenolic OH excluding ortho intramolecular Hbond substituents is 1. The molecular weight excluding hydrogens is 208 g/mol. The highest BCUT2D eigenvalue weighted by atomic mass is 35.5. The quantitative estimate of drug-likeness (QED) is 0.590. The van der Waals surface area contributed by atoms with Crippen LogP contribution in [0.5, 0.6) is 5.75 Å². The fourth-order valence-corrected chi connectivity index (χ4v) is 1.03. The monoisotopic (exact) mass is 218 g/mol. The Hall–Kier alpha value is -1.33. The van der Waals surface area contributed by atoms with Crippen molar-refractivity contribution in [3.63, 3.8) is 0 Å². The number of hydrogen-bond acceptors (Lipinski definition) is 4. The van der Waals surface area contributed by atoms with Crippen molar-refractivity contribution >= 4 is 18.1 Å². The summed E-state index contributed by atoms with van der Waals surface area (Å²) in [5, 5.41) is 19.6. The Labute approximate surface area is 87.1 Å². The lowest BCUT2D eigenvalue weighted by atomic mass is 10.1. The zero-order valence-corrected chi connectivity index (χ0v) is 8.16. The van der Waals surface area contributed by atoms with Crippen LogP contribution >= 0.6 is 12.4 Å². The van der Waals surface area contributed by atoms with E-state index in [2.05, 4.69) is 0 Å². The van der Waals surface area contributed by atoms with Crippen molar-refractivity contribution in [2.75, 3.05) is 6.54 Å². The molecule has 0 saturated carbocycles. The van der Waals surface area contributed by atoms with E-state index in [1.165, 1.54) is 12.1 Å². The van der Waals surface area contributed by atoms with Crippen LogP contribution in [0.4, 0.5) is 5.69 Å². The fourth-order valence-electron chi connectivity index (χ4n) is 1.03. The molecule has 5 nitrogen and oxygen atoms in total. The number of phenols is 1. The molecule has 0 heterocycles. The van der Waals surface area contributed by atoms with E-state index < -0.39 is 4.92 Å². The Morgan fingerprint density at radius 3 is 2.57 bits per heavy atom. The number of non-ortho nitro benzene ring substituents is 1. The first-order chi connectivity index (χ1) is 6.15. The zero-order chi connectivity index (χ0) is 9.84. The molecular formula is C8H11ClN2O3. The van der Waals surface area contributed by atoms with Crippen LogP contribution in [0.3, 0.4) is 0 Å². The SMILES string of the molecule is Cl.NCCc1ccc([N+](=O)[O-])cc1O. The Bertz CT molecular complexity index is 330. The van der Waals surface area contributed by atoms with E-state index in [9.17, 15) is 15.2 Å². The number of hydrogen-bond donors (Lipinski definition) is 2. The molecule has 0 fully saturated rings. The number of halogens is 1. The zero-order valence-electron chi connectivity index (χ0n) is 7.34. The summed E-state index contributed by atoms with van der Waals surface area (Å²) < 4.78 is 0. The van der Waals surface area contributed by atoms with Gasteiger partial charge in [-0.05, 0) is 24.6 Å². The van der Waals surface area contributed by atoms with Crippen molar-refractivity contribution in [1.29, 1.82) is 0 Å². The molecule has 6 heteroatoms. The molecule has 0 atom stereocenters. The average Bonchev–Trinajstić information content (AvgIpc) is 2.08. The first-order valence-electron chi connectivity index (χ1n) is 3.81. The van der Waals surface area contributed by atoms with E-state index in [4.69, 9.17) is 5.73 Å². The summed E-state index contributed by atoms with van der Waals surface area (Å²) >= 11 is 0. The van der Waals surface area contributed by atoms with Gasteiger partial charge in [0, 0.05) is 6.07 Å². The van der Waals surface area contributed by atoms with Gasteiger partial charge in [0.1, 0.15) is 5.75 Å². The Morgan fingerprint density at radius 2 is 2.14 bits per heavy atom. The standard InChI is InChI=1S/C8H10N2O3.ClH/c9-4-3-6-1-2-7(10(12)13)5-8(6)11;/h1-2,5,11H,3-4,9H2;1H. The maximum absolute atomic E-state index is 10.3. The number of rotatable bonds is 3. The summed E-state index contributed by atoms with van der Waals surface area (Å²) in [4.78, 5) is 9.74. The lowest BCUT2D eigenvalue weighted by Crippen LogP contribution is -2.02. The second-order valence-corrected chi connectivity index (χ2v) is 2.61. The van der Waals surface area contributed by atoms with Gasteiger partial charge in [-0.3, -0.25) is 10.1 Å². The molecule has 1 rings (SSSR count). The van der Waals surface area contributed by atoms with E-state index >= 15 is 0 Å². The van der Waals surface area contributed by atoms with Crippen LogP contribution in [0.1, 0.15) is 5.56 Å². The van der Waals surface area contributed by atoms with Crippen molar-refractivity contribution in [1.82, 2.24) is 0 Å². The third-order valence-electron chi connectivity index (χ3n) is 1.69. The van der Waals surface area contributed by atoms with E-state index in [0.29, 0.717) is 18.5 Å². The van der Waals surface area contributed by atoms with Gasteiger partial charge in [0.2, 0.25) is 0 Å². The lowest BCUT2D eigenvalue weighted by molar-refractivity contribution is -0.384. The van der Waals surface area contributed by atoms with Crippen LogP contribution < -0.4 is 5.73 Å². The summed E-state index contributed by atoms with van der Waals surface area (Å²) in [6.07, 6.45) is 0.518. The number of aromatic hydroxyl groups is 1. The number of nitro benzene ring substituents is 1. The van der Waals surface area contributed by atoms with E-state index in [0.717, 1.165) is 6.07 Å². The summed E-state index contributed by atoms with van der Waals surface area (Å²) in [6, 6.07) is 4.00. The number of benzene rings is 1. The van der Waals surface area contributed by atoms with Gasteiger partial charge >= 0.3 is 0 Å². The van der Waals surface area contributed by atoms with E-state index in [1.807, 2.05) is 0 Å². The van der Waals surface area contributed by atoms with Crippen molar-refractivity contribution < 1.29 is 10.0 Å². The van der Waals surface area contributed by atoms with Crippen LogP contribution in [-0.4, -0.2) is 16.6 Å². The van der Waals surface area contributed by atoms with Gasteiger partial charge in [0.05, 0.1) is 11.0 Å². The lowest BCUT2D eigenvalue weighted by Gasteiger charge is -2.01. The molecule has 0 aliphatic heterocycles. The number of nitrogens with zero attached hydrogens (tertiary/aromatic N) is 1. The Morgan fingerprint density at radius 1 is 1.50 bits per heavy atom. The normalized spacial score (nSPS) is 9.21. The predicted octanol–water partition coefficient (Wildman–Crippen LogP) is 1.22. The third kappa shape index (κ3) is 2.86. The second-order valence-electron chi connectivity index (χ2n) is 2.61. The minimum Gasteiger partial charge on any atom is -0.507 e. The Balaban J connectivity index is 0.00000169. The van der Waals surface area contributed by atoms with Crippen molar-refractivity contribution in [3.8, 4) is 5.75 Å².